The minimum absolute atomic E-state index is 0.00542. The smallest absolute Gasteiger partial charge is 0.335 e. The molecule has 9 N–H and O–H groups in total. The van der Waals surface area contributed by atoms with E-state index < -0.39 is 5.97 Å². The minimum atomic E-state index is -0.869. The van der Waals surface area contributed by atoms with Crippen LogP contribution < -0.4 is 22.9 Å². The Hall–Kier alpha value is -4.93. The Morgan fingerprint density at radius 3 is 1.52 bits per heavy atom. The van der Waals surface area contributed by atoms with E-state index in [1.165, 1.54) is 45.2 Å². The van der Waals surface area contributed by atoms with Gasteiger partial charge in [-0.05, 0) is 108 Å². The molecule has 0 atom stereocenters. The molecular formula is C55H78FN5O2S. The first-order valence-electron chi connectivity index (χ1n) is 22.0. The van der Waals surface area contributed by atoms with Crippen molar-refractivity contribution < 1.29 is 14.3 Å². The third-order valence-electron chi connectivity index (χ3n) is 10.4. The largest absolute Gasteiger partial charge is 0.478 e. The highest BCUT2D eigenvalue weighted by molar-refractivity contribution is 7.22. The lowest BCUT2D eigenvalue weighted by molar-refractivity contribution is 0.0696. The van der Waals surface area contributed by atoms with Crippen LogP contribution in [0, 0.1) is 5.82 Å². The van der Waals surface area contributed by atoms with E-state index in [2.05, 4.69) is 170 Å². The summed E-state index contributed by atoms with van der Waals surface area (Å²) in [5.41, 5.74) is 33.9. The number of aromatic carboxylic acids is 1. The van der Waals surface area contributed by atoms with E-state index in [1.807, 2.05) is 12.1 Å². The van der Waals surface area contributed by atoms with Crippen molar-refractivity contribution in [3.63, 3.8) is 0 Å². The predicted molar refractivity (Wildman–Crippen MR) is 274 cm³/mol. The number of hydrogen-bond acceptors (Lipinski definition) is 7. The zero-order chi connectivity index (χ0) is 48.8. The number of nitrogen functional groups attached to an aromatic ring is 1. The number of anilines is 1. The van der Waals surface area contributed by atoms with Crippen LogP contribution in [0.25, 0.3) is 10.2 Å². The Labute approximate surface area is 388 Å². The molecule has 0 amide bonds. The normalized spacial score (nSPS) is 11.7. The highest BCUT2D eigenvalue weighted by atomic mass is 32.1. The van der Waals surface area contributed by atoms with Gasteiger partial charge in [0.25, 0.3) is 0 Å². The van der Waals surface area contributed by atoms with Gasteiger partial charge in [-0.1, -0.05) is 188 Å². The number of rotatable bonds is 4. The van der Waals surface area contributed by atoms with Crippen LogP contribution in [0.15, 0.2) is 109 Å². The van der Waals surface area contributed by atoms with Gasteiger partial charge in [0.1, 0.15) is 5.82 Å². The highest BCUT2D eigenvalue weighted by Gasteiger charge is 2.19. The SMILES string of the molecule is CC(C)(C)c1cc(F)ccc1CN.CC(C)(C)c1ccc(CN)cc1.CC(C)(C)c1ccc2sc(N)nc2c1.CC(C)(C)c1cccc(C(=O)O)c1.CC(C)(C)c1ccccc1CN. The fourth-order valence-electron chi connectivity index (χ4n) is 6.53. The van der Waals surface area contributed by atoms with E-state index in [4.69, 9.17) is 28.0 Å². The Balaban J connectivity index is 0.000000275. The standard InChI is InChI=1S/C11H16FN.C11H14N2S.2C11H17N.C11H14O2/c1-11(2,3)10-6-9(12)5-4-8(10)7-13;1-11(2,3)7-4-5-9-8(6-7)13-10(12)14-9;1-11(2,3)10-6-4-9(8-12)5-7-10;1-11(2,3)10-7-5-4-6-9(10)8-12;1-11(2,3)9-6-4-5-8(7-9)10(12)13/h4-6H,7,13H2,1-3H3;4-6H,1-3H3,(H2,12,13);2*4-7H,8,12H2,1-3H3;4-7H,1-3H3,(H,12,13). The molecule has 64 heavy (non-hydrogen) atoms. The van der Waals surface area contributed by atoms with Gasteiger partial charge in [0.2, 0.25) is 0 Å². The van der Waals surface area contributed by atoms with Gasteiger partial charge in [0.15, 0.2) is 5.13 Å². The van der Waals surface area contributed by atoms with Crippen molar-refractivity contribution in [1.29, 1.82) is 0 Å². The monoisotopic (exact) mass is 892 g/mol. The lowest BCUT2D eigenvalue weighted by Gasteiger charge is -2.22. The maximum absolute atomic E-state index is 13.0. The van der Waals surface area contributed by atoms with Crippen LogP contribution in [-0.4, -0.2) is 16.1 Å². The number of aromatic nitrogens is 1. The molecule has 7 nitrogen and oxygen atoms in total. The molecule has 0 aliphatic heterocycles. The molecule has 0 aliphatic rings. The van der Waals surface area contributed by atoms with Crippen molar-refractivity contribution in [2.24, 2.45) is 17.2 Å². The van der Waals surface area contributed by atoms with Crippen LogP contribution in [-0.2, 0) is 46.7 Å². The number of nitrogens with zero attached hydrogens (tertiary/aromatic N) is 1. The van der Waals surface area contributed by atoms with E-state index in [1.54, 1.807) is 30.3 Å². The molecule has 6 aromatic rings. The molecule has 0 spiro atoms. The third-order valence-corrected chi connectivity index (χ3v) is 11.3. The predicted octanol–water partition coefficient (Wildman–Crippen LogP) is 13.3. The molecule has 5 aromatic carbocycles. The molecule has 9 heteroatoms. The summed E-state index contributed by atoms with van der Waals surface area (Å²) in [6.07, 6.45) is 0. The van der Waals surface area contributed by atoms with Crippen LogP contribution in [0.3, 0.4) is 0 Å². The van der Waals surface area contributed by atoms with Gasteiger partial charge < -0.3 is 28.0 Å². The molecule has 348 valence electrons. The zero-order valence-electron chi connectivity index (χ0n) is 41.4. The molecule has 6 rings (SSSR count). The first-order chi connectivity index (χ1) is 29.4. The van der Waals surface area contributed by atoms with Gasteiger partial charge >= 0.3 is 5.97 Å². The third kappa shape index (κ3) is 17.9. The molecular weight excluding hydrogens is 814 g/mol. The summed E-state index contributed by atoms with van der Waals surface area (Å²) >= 11 is 1.54. The zero-order valence-corrected chi connectivity index (χ0v) is 42.2. The number of nitrogens with two attached hydrogens (primary N) is 4. The number of carboxylic acids is 1. The second kappa shape index (κ2) is 23.3. The Bertz CT molecular complexity index is 2370. The van der Waals surface area contributed by atoms with Crippen molar-refractivity contribution in [2.45, 2.75) is 151 Å². The number of carboxylic acid groups (broad SMARTS) is 1. The summed E-state index contributed by atoms with van der Waals surface area (Å²) in [7, 11) is 0. The van der Waals surface area contributed by atoms with E-state index in [9.17, 15) is 9.18 Å². The van der Waals surface area contributed by atoms with Crippen LogP contribution in [0.1, 0.15) is 159 Å². The summed E-state index contributed by atoms with van der Waals surface area (Å²) in [6, 6.07) is 35.1. The fraction of sp³-hybridized carbons (Fsp3) is 0.418. The fourth-order valence-corrected chi connectivity index (χ4v) is 7.24. The molecule has 0 unspecified atom stereocenters. The lowest BCUT2D eigenvalue weighted by Crippen LogP contribution is -2.16. The highest BCUT2D eigenvalue weighted by Crippen LogP contribution is 2.30. The molecule has 0 aliphatic carbocycles. The quantitative estimate of drug-likeness (QED) is 0.118. The second-order valence-corrected chi connectivity index (χ2v) is 22.2. The van der Waals surface area contributed by atoms with Crippen molar-refractivity contribution in [2.75, 3.05) is 5.73 Å². The Morgan fingerprint density at radius 1 is 0.547 bits per heavy atom. The topological polar surface area (TPSA) is 154 Å². The van der Waals surface area contributed by atoms with Gasteiger partial charge in [0.05, 0.1) is 15.8 Å². The average Bonchev–Trinajstić information content (AvgIpc) is 3.59. The number of hydrogen-bond donors (Lipinski definition) is 5. The number of fused-ring (bicyclic) bond motifs is 1. The molecule has 0 fully saturated rings. The van der Waals surface area contributed by atoms with Crippen molar-refractivity contribution in [1.82, 2.24) is 4.98 Å². The van der Waals surface area contributed by atoms with Crippen LogP contribution in [0.4, 0.5) is 9.52 Å². The summed E-state index contributed by atoms with van der Waals surface area (Å²) in [5, 5.41) is 9.42. The van der Waals surface area contributed by atoms with Crippen molar-refractivity contribution >= 4 is 32.7 Å². The van der Waals surface area contributed by atoms with Gasteiger partial charge in [-0.25, -0.2) is 14.2 Å². The average molecular weight is 892 g/mol. The van der Waals surface area contributed by atoms with E-state index in [-0.39, 0.29) is 32.9 Å². The van der Waals surface area contributed by atoms with Crippen LogP contribution >= 0.6 is 11.3 Å². The molecule has 1 aromatic heterocycles. The first-order valence-corrected chi connectivity index (χ1v) is 22.8. The Kier molecular flexibility index (Phi) is 20.1. The molecule has 0 saturated heterocycles. The van der Waals surface area contributed by atoms with E-state index in [0.29, 0.717) is 30.3 Å². The Morgan fingerprint density at radius 2 is 1.05 bits per heavy atom. The van der Waals surface area contributed by atoms with E-state index >= 15 is 0 Å². The molecule has 1 heterocycles. The number of thiazole rings is 1. The summed E-state index contributed by atoms with van der Waals surface area (Å²) in [6.45, 7) is 33.9. The van der Waals surface area contributed by atoms with Crippen LogP contribution in [0.5, 0.6) is 0 Å². The van der Waals surface area contributed by atoms with Crippen LogP contribution in [0.2, 0.25) is 0 Å². The first kappa shape index (κ1) is 55.2. The lowest BCUT2D eigenvalue weighted by atomic mass is 9.84. The molecule has 0 bridgehead atoms. The van der Waals surface area contributed by atoms with Gasteiger partial charge in [0, 0.05) is 19.6 Å². The number of benzene rings is 5. The maximum Gasteiger partial charge on any atom is 0.335 e. The summed E-state index contributed by atoms with van der Waals surface area (Å²) in [4.78, 5) is 15.0. The maximum atomic E-state index is 13.0. The van der Waals surface area contributed by atoms with E-state index in [0.717, 1.165) is 26.9 Å². The minimum Gasteiger partial charge on any atom is -0.478 e. The molecule has 0 radical (unpaired) electrons. The number of halogens is 1. The summed E-state index contributed by atoms with van der Waals surface area (Å²) < 4.78 is 14.1. The van der Waals surface area contributed by atoms with Gasteiger partial charge in [-0.15, -0.1) is 0 Å². The van der Waals surface area contributed by atoms with Gasteiger partial charge in [-0.2, -0.15) is 0 Å². The van der Waals surface area contributed by atoms with Gasteiger partial charge in [-0.3, -0.25) is 0 Å². The molecule has 0 saturated carbocycles. The number of carbonyl (C=O) groups is 1. The van der Waals surface area contributed by atoms with Crippen molar-refractivity contribution in [3.05, 3.63) is 165 Å². The van der Waals surface area contributed by atoms with Crippen molar-refractivity contribution in [3.8, 4) is 0 Å². The summed E-state index contributed by atoms with van der Waals surface area (Å²) in [5.74, 6) is -1.06. The second-order valence-electron chi connectivity index (χ2n) is 21.1.